The summed E-state index contributed by atoms with van der Waals surface area (Å²) in [4.78, 5) is 4.20. The number of amidine groups is 1. The van der Waals surface area contributed by atoms with Gasteiger partial charge in [0.2, 0.25) is 0 Å². The molecular formula is C16H14N2OS. The van der Waals surface area contributed by atoms with Gasteiger partial charge in [-0.2, -0.15) is 0 Å². The van der Waals surface area contributed by atoms with Crippen LogP contribution >= 0.6 is 0 Å². The molecule has 1 aliphatic rings. The van der Waals surface area contributed by atoms with Gasteiger partial charge in [0.1, 0.15) is 0 Å². The molecule has 0 radical (unpaired) electrons. The van der Waals surface area contributed by atoms with Gasteiger partial charge in [0.25, 0.3) is 0 Å². The van der Waals surface area contributed by atoms with Crippen molar-refractivity contribution < 1.29 is 4.21 Å². The van der Waals surface area contributed by atoms with Crippen molar-refractivity contribution in [2.45, 2.75) is 0 Å². The molecule has 1 heterocycles. The predicted molar refractivity (Wildman–Crippen MR) is 86.4 cm³/mol. The molecule has 0 aromatic heterocycles. The smallest absolute Gasteiger partial charge is 0.192 e. The van der Waals surface area contributed by atoms with E-state index >= 15 is 0 Å². The van der Waals surface area contributed by atoms with Crippen molar-refractivity contribution in [2.24, 2.45) is 4.99 Å². The molecule has 3 nitrogen and oxygen atoms in total. The van der Waals surface area contributed by atoms with Crippen LogP contribution in [-0.4, -0.2) is 14.7 Å². The highest BCUT2D eigenvalue weighted by molar-refractivity contribution is 8.17. The average Bonchev–Trinajstić information content (AvgIpc) is 2.82. The minimum atomic E-state index is -2.41. The van der Waals surface area contributed by atoms with Crippen LogP contribution in [0.4, 0.5) is 5.69 Å². The number of aliphatic imine (C=N–C) groups is 1. The van der Waals surface area contributed by atoms with Gasteiger partial charge in [-0.25, -0.2) is 4.99 Å². The van der Waals surface area contributed by atoms with E-state index in [-0.39, 0.29) is 0 Å². The molecule has 0 saturated carbocycles. The Labute approximate surface area is 118 Å². The van der Waals surface area contributed by atoms with Crippen LogP contribution in [0.25, 0.3) is 0 Å². The zero-order valence-electron chi connectivity index (χ0n) is 10.8. The first-order chi connectivity index (χ1) is 9.76. The van der Waals surface area contributed by atoms with E-state index in [9.17, 15) is 4.21 Å². The molecule has 4 heteroatoms. The van der Waals surface area contributed by atoms with E-state index in [1.807, 2.05) is 60.7 Å². The SMILES string of the molecule is O=S1(=Cc2ccccc2)C=CN=C1Nc1ccccc1. The summed E-state index contributed by atoms with van der Waals surface area (Å²) in [7, 11) is -2.41. The van der Waals surface area contributed by atoms with Crippen LogP contribution in [0.1, 0.15) is 5.56 Å². The molecular weight excluding hydrogens is 268 g/mol. The third-order valence-electron chi connectivity index (χ3n) is 2.89. The van der Waals surface area contributed by atoms with Gasteiger partial charge in [-0.15, -0.1) is 0 Å². The highest BCUT2D eigenvalue weighted by Gasteiger charge is 2.17. The second-order valence-electron chi connectivity index (χ2n) is 4.39. The number of anilines is 1. The molecule has 1 N–H and O–H groups in total. The third-order valence-corrected chi connectivity index (χ3v) is 4.85. The molecule has 3 rings (SSSR count). The van der Waals surface area contributed by atoms with Crippen LogP contribution in [0.5, 0.6) is 0 Å². The Hall–Kier alpha value is -2.33. The topological polar surface area (TPSA) is 41.5 Å². The molecule has 20 heavy (non-hydrogen) atoms. The maximum absolute atomic E-state index is 13.0. The van der Waals surface area contributed by atoms with Gasteiger partial charge in [-0.1, -0.05) is 48.5 Å². The molecule has 0 spiro atoms. The summed E-state index contributed by atoms with van der Waals surface area (Å²) < 4.78 is 13.0. The fourth-order valence-corrected chi connectivity index (χ4v) is 3.55. The second kappa shape index (κ2) is 5.35. The molecule has 2 aromatic carbocycles. The quantitative estimate of drug-likeness (QED) is 0.860. The number of benzene rings is 2. The van der Waals surface area contributed by atoms with E-state index in [1.54, 1.807) is 17.0 Å². The number of para-hydroxylation sites is 1. The lowest BCUT2D eigenvalue weighted by molar-refractivity contribution is 0.693. The average molecular weight is 282 g/mol. The predicted octanol–water partition coefficient (Wildman–Crippen LogP) is 3.07. The van der Waals surface area contributed by atoms with E-state index in [4.69, 9.17) is 0 Å². The van der Waals surface area contributed by atoms with Crippen LogP contribution < -0.4 is 5.32 Å². The number of nitrogens with zero attached hydrogens (tertiary/aromatic N) is 1. The van der Waals surface area contributed by atoms with E-state index in [2.05, 4.69) is 10.3 Å². The summed E-state index contributed by atoms with van der Waals surface area (Å²) in [5.41, 5.74) is 1.80. The number of nitrogens with one attached hydrogen (secondary N) is 1. The Morgan fingerprint density at radius 3 is 2.30 bits per heavy atom. The molecule has 1 unspecified atom stereocenters. The minimum Gasteiger partial charge on any atom is -0.333 e. The lowest BCUT2D eigenvalue weighted by Crippen LogP contribution is -2.21. The third kappa shape index (κ3) is 2.65. The van der Waals surface area contributed by atoms with E-state index in [0.29, 0.717) is 5.17 Å². The van der Waals surface area contributed by atoms with E-state index in [1.165, 1.54) is 0 Å². The monoisotopic (exact) mass is 282 g/mol. The van der Waals surface area contributed by atoms with E-state index in [0.717, 1.165) is 11.3 Å². The lowest BCUT2D eigenvalue weighted by atomic mass is 10.2. The zero-order chi connectivity index (χ0) is 13.8. The van der Waals surface area contributed by atoms with Crippen LogP contribution in [0.2, 0.25) is 0 Å². The van der Waals surface area contributed by atoms with Crippen molar-refractivity contribution in [2.75, 3.05) is 5.32 Å². The molecule has 1 atom stereocenters. The Morgan fingerprint density at radius 1 is 0.950 bits per heavy atom. The standard InChI is InChI=1S/C16H14N2OS/c19-20(13-14-7-3-1-4-8-14)12-11-17-16(20)18-15-9-5-2-6-10-15/h1-13H,(H,17,18). The van der Waals surface area contributed by atoms with Crippen LogP contribution in [-0.2, 0) is 9.52 Å². The molecule has 0 aliphatic carbocycles. The summed E-state index contributed by atoms with van der Waals surface area (Å²) in [5.74, 6) is 0. The normalized spacial score (nSPS) is 20.5. The minimum absolute atomic E-state index is 0.479. The van der Waals surface area contributed by atoms with Gasteiger partial charge < -0.3 is 5.32 Å². The van der Waals surface area contributed by atoms with Crippen molar-refractivity contribution in [3.05, 3.63) is 77.8 Å². The summed E-state index contributed by atoms with van der Waals surface area (Å²) in [6, 6.07) is 19.3. The Kier molecular flexibility index (Phi) is 3.39. The molecule has 0 fully saturated rings. The van der Waals surface area contributed by atoms with Crippen molar-refractivity contribution in [1.29, 1.82) is 0 Å². The Balaban J connectivity index is 1.94. The Bertz CT molecular complexity index is 771. The largest absolute Gasteiger partial charge is 0.333 e. The van der Waals surface area contributed by atoms with Crippen LogP contribution in [0.15, 0.2) is 77.3 Å². The van der Waals surface area contributed by atoms with Gasteiger partial charge in [-0.3, -0.25) is 4.21 Å². The van der Waals surface area contributed by atoms with Gasteiger partial charge in [0.15, 0.2) is 5.17 Å². The van der Waals surface area contributed by atoms with Crippen molar-refractivity contribution in [3.63, 3.8) is 0 Å². The first-order valence-corrected chi connectivity index (χ1v) is 7.95. The van der Waals surface area contributed by atoms with Crippen molar-refractivity contribution in [1.82, 2.24) is 0 Å². The number of rotatable bonds is 2. The van der Waals surface area contributed by atoms with Crippen molar-refractivity contribution in [3.8, 4) is 0 Å². The first-order valence-electron chi connectivity index (χ1n) is 6.27. The van der Waals surface area contributed by atoms with E-state index < -0.39 is 9.52 Å². The summed E-state index contributed by atoms with van der Waals surface area (Å²) in [6.45, 7) is 0. The maximum atomic E-state index is 13.0. The highest BCUT2D eigenvalue weighted by Crippen LogP contribution is 2.14. The Morgan fingerprint density at radius 2 is 1.60 bits per heavy atom. The first kappa shape index (κ1) is 12.7. The summed E-state index contributed by atoms with van der Waals surface area (Å²) in [6.07, 6.45) is 1.59. The van der Waals surface area contributed by atoms with Gasteiger partial charge in [0.05, 0.1) is 9.52 Å². The maximum Gasteiger partial charge on any atom is 0.192 e. The fourth-order valence-electron chi connectivity index (χ4n) is 1.92. The number of hydrogen-bond acceptors (Lipinski definition) is 3. The summed E-state index contributed by atoms with van der Waals surface area (Å²) in [5, 5.41) is 7.01. The zero-order valence-corrected chi connectivity index (χ0v) is 11.6. The lowest BCUT2D eigenvalue weighted by Gasteiger charge is -2.09. The van der Waals surface area contributed by atoms with Crippen molar-refractivity contribution >= 4 is 25.7 Å². The number of hydrogen-bond donors (Lipinski definition) is 1. The molecule has 0 bridgehead atoms. The molecule has 2 aromatic rings. The highest BCUT2D eigenvalue weighted by atomic mass is 32.2. The molecule has 0 amide bonds. The van der Waals surface area contributed by atoms with Gasteiger partial charge >= 0.3 is 0 Å². The second-order valence-corrected chi connectivity index (χ2v) is 6.58. The van der Waals surface area contributed by atoms with Crippen LogP contribution in [0.3, 0.4) is 0 Å². The fraction of sp³-hybridized carbons (Fsp3) is 0. The van der Waals surface area contributed by atoms with Gasteiger partial charge in [-0.05, 0) is 17.7 Å². The molecule has 1 aliphatic heterocycles. The molecule has 100 valence electrons. The van der Waals surface area contributed by atoms with Crippen LogP contribution in [0, 0.1) is 0 Å². The summed E-state index contributed by atoms with van der Waals surface area (Å²) >= 11 is 0. The van der Waals surface area contributed by atoms with Gasteiger partial charge in [0, 0.05) is 22.7 Å². The molecule has 0 saturated heterocycles.